The molecular weight excluding hydrogens is 372 g/mol. The van der Waals surface area contributed by atoms with E-state index in [-0.39, 0.29) is 5.91 Å². The molecule has 2 aromatic rings. The van der Waals surface area contributed by atoms with Gasteiger partial charge in [0.1, 0.15) is 11.5 Å². The number of methoxy groups -OCH3 is 1. The molecule has 0 aliphatic heterocycles. The highest BCUT2D eigenvalue weighted by atomic mass is 79.9. The van der Waals surface area contributed by atoms with Gasteiger partial charge in [-0.2, -0.15) is 5.10 Å². The number of ether oxygens (including phenoxy) is 2. The van der Waals surface area contributed by atoms with E-state index in [1.807, 2.05) is 44.2 Å². The molecule has 0 fully saturated rings. The predicted octanol–water partition coefficient (Wildman–Crippen LogP) is 3.93. The number of nitrogens with one attached hydrogen (secondary N) is 1. The van der Waals surface area contributed by atoms with Crippen LogP contribution < -0.4 is 14.9 Å². The molecule has 0 heterocycles. The molecule has 0 atom stereocenters. The van der Waals surface area contributed by atoms with E-state index < -0.39 is 0 Å². The first-order chi connectivity index (χ1) is 11.5. The molecule has 0 saturated heterocycles. The topological polar surface area (TPSA) is 59.9 Å². The zero-order chi connectivity index (χ0) is 17.5. The first-order valence-electron chi connectivity index (χ1n) is 7.45. The largest absolute Gasteiger partial charge is 0.496 e. The van der Waals surface area contributed by atoms with Crippen molar-refractivity contribution in [3.8, 4) is 11.5 Å². The minimum Gasteiger partial charge on any atom is -0.496 e. The number of aryl methyl sites for hydroxylation is 1. The summed E-state index contributed by atoms with van der Waals surface area (Å²) in [4.78, 5) is 12.2. The molecule has 0 spiro atoms. The van der Waals surface area contributed by atoms with Crippen LogP contribution in [0.4, 0.5) is 0 Å². The molecule has 0 aliphatic rings. The van der Waals surface area contributed by atoms with Crippen molar-refractivity contribution in [2.24, 2.45) is 5.10 Å². The zero-order valence-electron chi connectivity index (χ0n) is 13.8. The summed E-state index contributed by atoms with van der Waals surface area (Å²) < 4.78 is 11.5. The normalized spacial score (nSPS) is 10.7. The van der Waals surface area contributed by atoms with E-state index in [9.17, 15) is 4.79 Å². The van der Waals surface area contributed by atoms with Gasteiger partial charge in [-0.25, -0.2) is 5.43 Å². The molecule has 0 unspecified atom stereocenters. The van der Waals surface area contributed by atoms with E-state index in [2.05, 4.69) is 26.5 Å². The number of hydrogen-bond donors (Lipinski definition) is 1. The van der Waals surface area contributed by atoms with Crippen molar-refractivity contribution in [2.45, 2.75) is 13.8 Å². The Morgan fingerprint density at radius 3 is 2.71 bits per heavy atom. The van der Waals surface area contributed by atoms with Crippen molar-refractivity contribution in [2.75, 3.05) is 13.7 Å². The van der Waals surface area contributed by atoms with Gasteiger partial charge in [-0.05, 0) is 71.2 Å². The Bertz CT molecular complexity index is 760. The highest BCUT2D eigenvalue weighted by Gasteiger charge is 2.11. The molecule has 24 heavy (non-hydrogen) atoms. The highest BCUT2D eigenvalue weighted by molar-refractivity contribution is 9.10. The van der Waals surface area contributed by atoms with Crippen molar-refractivity contribution < 1.29 is 14.3 Å². The summed E-state index contributed by atoms with van der Waals surface area (Å²) in [5, 5.41) is 3.99. The summed E-state index contributed by atoms with van der Waals surface area (Å²) in [5.74, 6) is 0.961. The van der Waals surface area contributed by atoms with Gasteiger partial charge < -0.3 is 9.47 Å². The second kappa shape index (κ2) is 8.49. The molecule has 2 aromatic carbocycles. The van der Waals surface area contributed by atoms with Crippen molar-refractivity contribution in [1.82, 2.24) is 5.43 Å². The van der Waals surface area contributed by atoms with Crippen LogP contribution in [0.5, 0.6) is 11.5 Å². The van der Waals surface area contributed by atoms with E-state index in [1.54, 1.807) is 12.3 Å². The fraction of sp³-hybridized carbons (Fsp3) is 0.222. The third kappa shape index (κ3) is 4.58. The Kier molecular flexibility index (Phi) is 6.37. The molecule has 0 aromatic heterocycles. The van der Waals surface area contributed by atoms with Crippen LogP contribution >= 0.6 is 15.9 Å². The summed E-state index contributed by atoms with van der Waals surface area (Å²) in [6.07, 6.45) is 1.57. The standard InChI is InChI=1S/C18H19BrN2O3/c1-4-24-16-8-6-13(10-15(16)19)11-20-21-18(22)14-7-5-12(2)9-17(14)23-3/h5-11H,4H2,1-3H3,(H,21,22)/b20-11-. The van der Waals surface area contributed by atoms with Gasteiger partial charge in [0.2, 0.25) is 0 Å². The van der Waals surface area contributed by atoms with Crippen LogP contribution in [0.3, 0.4) is 0 Å². The average Bonchev–Trinajstić information content (AvgIpc) is 2.57. The van der Waals surface area contributed by atoms with Crippen LogP contribution in [0.1, 0.15) is 28.4 Å². The van der Waals surface area contributed by atoms with Crippen LogP contribution in [0.2, 0.25) is 0 Å². The molecule has 0 aliphatic carbocycles. The third-order valence-electron chi connectivity index (χ3n) is 3.24. The van der Waals surface area contributed by atoms with Crippen LogP contribution in [-0.4, -0.2) is 25.8 Å². The summed E-state index contributed by atoms with van der Waals surface area (Å²) in [7, 11) is 1.53. The third-order valence-corrected chi connectivity index (χ3v) is 3.86. The summed E-state index contributed by atoms with van der Waals surface area (Å²) in [6, 6.07) is 10.9. The molecule has 1 amide bonds. The second-order valence-corrected chi connectivity index (χ2v) is 5.88. The number of nitrogens with zero attached hydrogens (tertiary/aromatic N) is 1. The van der Waals surface area contributed by atoms with Crippen LogP contribution in [0.15, 0.2) is 46.0 Å². The van der Waals surface area contributed by atoms with E-state index in [1.165, 1.54) is 7.11 Å². The van der Waals surface area contributed by atoms with Crippen molar-refractivity contribution in [1.29, 1.82) is 0 Å². The van der Waals surface area contributed by atoms with Gasteiger partial charge in [0.25, 0.3) is 5.91 Å². The number of benzene rings is 2. The van der Waals surface area contributed by atoms with Gasteiger partial charge in [-0.3, -0.25) is 4.79 Å². The summed E-state index contributed by atoms with van der Waals surface area (Å²) in [6.45, 7) is 4.46. The maximum absolute atomic E-state index is 12.2. The Balaban J connectivity index is 2.06. The minimum atomic E-state index is -0.326. The number of carbonyl (C=O) groups excluding carboxylic acids is 1. The molecule has 2 rings (SSSR count). The van der Waals surface area contributed by atoms with Crippen LogP contribution in [0, 0.1) is 6.92 Å². The predicted molar refractivity (Wildman–Crippen MR) is 98.1 cm³/mol. The molecule has 5 nitrogen and oxygen atoms in total. The van der Waals surface area contributed by atoms with Gasteiger partial charge in [0.15, 0.2) is 0 Å². The van der Waals surface area contributed by atoms with E-state index in [0.29, 0.717) is 17.9 Å². The van der Waals surface area contributed by atoms with Crippen molar-refractivity contribution in [3.63, 3.8) is 0 Å². The fourth-order valence-corrected chi connectivity index (χ4v) is 2.59. The molecule has 6 heteroatoms. The number of hydrogen-bond acceptors (Lipinski definition) is 4. The maximum atomic E-state index is 12.2. The average molecular weight is 391 g/mol. The molecule has 0 bridgehead atoms. The monoisotopic (exact) mass is 390 g/mol. The number of halogens is 1. The summed E-state index contributed by atoms with van der Waals surface area (Å²) >= 11 is 3.44. The van der Waals surface area contributed by atoms with Crippen molar-refractivity contribution in [3.05, 3.63) is 57.6 Å². The molecule has 0 radical (unpaired) electrons. The Morgan fingerprint density at radius 1 is 1.25 bits per heavy atom. The van der Waals surface area contributed by atoms with Gasteiger partial charge in [-0.15, -0.1) is 0 Å². The number of rotatable bonds is 6. The number of amides is 1. The number of carbonyl (C=O) groups is 1. The van der Waals surface area contributed by atoms with E-state index in [0.717, 1.165) is 21.3 Å². The SMILES string of the molecule is CCOc1ccc(/C=N\NC(=O)c2ccc(C)cc2OC)cc1Br. The van der Waals surface area contributed by atoms with Crippen LogP contribution in [0.25, 0.3) is 0 Å². The second-order valence-electron chi connectivity index (χ2n) is 5.03. The summed E-state index contributed by atoms with van der Waals surface area (Å²) in [5.41, 5.74) is 4.80. The van der Waals surface area contributed by atoms with Gasteiger partial charge in [0.05, 0.1) is 30.0 Å². The smallest absolute Gasteiger partial charge is 0.275 e. The quantitative estimate of drug-likeness (QED) is 0.600. The highest BCUT2D eigenvalue weighted by Crippen LogP contribution is 2.25. The Morgan fingerprint density at radius 2 is 2.04 bits per heavy atom. The maximum Gasteiger partial charge on any atom is 0.275 e. The molecule has 0 saturated carbocycles. The van der Waals surface area contributed by atoms with Crippen LogP contribution in [-0.2, 0) is 0 Å². The molecule has 126 valence electrons. The lowest BCUT2D eigenvalue weighted by atomic mass is 10.1. The van der Waals surface area contributed by atoms with Gasteiger partial charge in [0, 0.05) is 0 Å². The number of hydrazone groups is 1. The Hall–Kier alpha value is -2.34. The minimum absolute atomic E-state index is 0.326. The lowest BCUT2D eigenvalue weighted by Crippen LogP contribution is -2.18. The first kappa shape index (κ1) is 18.0. The lowest BCUT2D eigenvalue weighted by molar-refractivity contribution is 0.0952. The molecular formula is C18H19BrN2O3. The van der Waals surface area contributed by atoms with Gasteiger partial charge in [-0.1, -0.05) is 6.07 Å². The first-order valence-corrected chi connectivity index (χ1v) is 8.24. The zero-order valence-corrected chi connectivity index (χ0v) is 15.4. The van der Waals surface area contributed by atoms with E-state index in [4.69, 9.17) is 9.47 Å². The molecule has 1 N–H and O–H groups in total. The Labute approximate surface area is 149 Å². The lowest BCUT2D eigenvalue weighted by Gasteiger charge is -2.08. The van der Waals surface area contributed by atoms with E-state index >= 15 is 0 Å². The van der Waals surface area contributed by atoms with Crippen molar-refractivity contribution >= 4 is 28.1 Å². The fourth-order valence-electron chi connectivity index (χ4n) is 2.08. The van der Waals surface area contributed by atoms with Gasteiger partial charge >= 0.3 is 0 Å².